The molecule has 0 spiro atoms. The number of carbonyl (C=O) groups is 1. The van der Waals surface area contributed by atoms with E-state index in [1.165, 1.54) is 0 Å². The SMILES string of the molecule is COc1ccc(OCCC2CCN(C(=O)c3cc4ccccc4[nH]3)CC2)cc1. The standard InChI is InChI=1S/C23H26N2O3/c1-27-19-6-8-20(9-7-19)28-15-12-17-10-13-25(14-11-17)23(26)22-16-18-4-2-3-5-21(18)24-22/h2-9,16-17,24H,10-15H2,1H3. The third-order valence-electron chi connectivity index (χ3n) is 5.52. The summed E-state index contributed by atoms with van der Waals surface area (Å²) in [7, 11) is 1.66. The lowest BCUT2D eigenvalue weighted by Gasteiger charge is -2.31. The summed E-state index contributed by atoms with van der Waals surface area (Å²) in [6.45, 7) is 2.32. The zero-order valence-corrected chi connectivity index (χ0v) is 16.2. The van der Waals surface area contributed by atoms with Crippen LogP contribution in [0.3, 0.4) is 0 Å². The van der Waals surface area contributed by atoms with Crippen molar-refractivity contribution in [1.82, 2.24) is 9.88 Å². The van der Waals surface area contributed by atoms with E-state index in [0.717, 1.165) is 54.8 Å². The molecule has 1 amide bonds. The molecule has 1 N–H and O–H groups in total. The summed E-state index contributed by atoms with van der Waals surface area (Å²) in [5.41, 5.74) is 1.69. The van der Waals surface area contributed by atoms with Crippen molar-refractivity contribution in [3.63, 3.8) is 0 Å². The van der Waals surface area contributed by atoms with Gasteiger partial charge in [0.2, 0.25) is 0 Å². The highest BCUT2D eigenvalue weighted by atomic mass is 16.5. The van der Waals surface area contributed by atoms with Crippen molar-refractivity contribution in [2.24, 2.45) is 5.92 Å². The maximum absolute atomic E-state index is 12.8. The Kier molecular flexibility index (Phi) is 5.51. The van der Waals surface area contributed by atoms with Crippen LogP contribution >= 0.6 is 0 Å². The van der Waals surface area contributed by atoms with E-state index in [4.69, 9.17) is 9.47 Å². The number of nitrogens with one attached hydrogen (secondary N) is 1. The minimum Gasteiger partial charge on any atom is -0.497 e. The highest BCUT2D eigenvalue weighted by Gasteiger charge is 2.24. The van der Waals surface area contributed by atoms with Crippen molar-refractivity contribution in [3.8, 4) is 11.5 Å². The summed E-state index contributed by atoms with van der Waals surface area (Å²) in [5, 5.41) is 1.08. The first-order chi connectivity index (χ1) is 13.7. The van der Waals surface area contributed by atoms with Gasteiger partial charge in [-0.2, -0.15) is 0 Å². The summed E-state index contributed by atoms with van der Waals surface area (Å²) in [5.74, 6) is 2.40. The summed E-state index contributed by atoms with van der Waals surface area (Å²) in [6, 6.07) is 17.6. The molecule has 5 heteroatoms. The first-order valence-electron chi connectivity index (χ1n) is 9.87. The van der Waals surface area contributed by atoms with Gasteiger partial charge in [-0.15, -0.1) is 0 Å². The Bertz CT molecular complexity index is 891. The van der Waals surface area contributed by atoms with E-state index in [-0.39, 0.29) is 5.91 Å². The fraction of sp³-hybridized carbons (Fsp3) is 0.348. The number of aromatic amines is 1. The number of nitrogens with zero attached hydrogens (tertiary/aromatic N) is 1. The van der Waals surface area contributed by atoms with Crippen LogP contribution in [0, 0.1) is 5.92 Å². The molecule has 2 heterocycles. The van der Waals surface area contributed by atoms with E-state index in [0.29, 0.717) is 18.2 Å². The molecule has 4 rings (SSSR count). The molecule has 1 aliphatic rings. The van der Waals surface area contributed by atoms with Gasteiger partial charge in [-0.25, -0.2) is 0 Å². The summed E-state index contributed by atoms with van der Waals surface area (Å²) >= 11 is 0. The van der Waals surface area contributed by atoms with Gasteiger partial charge in [0.1, 0.15) is 17.2 Å². The zero-order chi connectivity index (χ0) is 19.3. The van der Waals surface area contributed by atoms with Crippen molar-refractivity contribution in [2.75, 3.05) is 26.8 Å². The van der Waals surface area contributed by atoms with Crippen LogP contribution in [-0.4, -0.2) is 42.6 Å². The third-order valence-corrected chi connectivity index (χ3v) is 5.52. The number of hydrogen-bond acceptors (Lipinski definition) is 3. The van der Waals surface area contributed by atoms with Gasteiger partial charge in [-0.1, -0.05) is 18.2 Å². The average molecular weight is 378 g/mol. The average Bonchev–Trinajstić information content (AvgIpc) is 3.18. The monoisotopic (exact) mass is 378 g/mol. The van der Waals surface area contributed by atoms with Gasteiger partial charge in [0.05, 0.1) is 13.7 Å². The predicted molar refractivity (Wildman–Crippen MR) is 110 cm³/mol. The highest BCUT2D eigenvalue weighted by Crippen LogP contribution is 2.24. The molecule has 1 saturated heterocycles. The van der Waals surface area contributed by atoms with Crippen molar-refractivity contribution in [3.05, 3.63) is 60.3 Å². The molecule has 0 unspecified atom stereocenters. The van der Waals surface area contributed by atoms with Gasteiger partial charge >= 0.3 is 0 Å². The number of ether oxygens (including phenoxy) is 2. The maximum atomic E-state index is 12.8. The number of benzene rings is 2. The van der Waals surface area contributed by atoms with E-state index in [2.05, 4.69) is 4.98 Å². The Balaban J connectivity index is 1.24. The lowest BCUT2D eigenvalue weighted by molar-refractivity contribution is 0.0675. The molecular formula is C23H26N2O3. The van der Waals surface area contributed by atoms with E-state index >= 15 is 0 Å². The fourth-order valence-electron chi connectivity index (χ4n) is 3.80. The third kappa shape index (κ3) is 4.14. The predicted octanol–water partition coefficient (Wildman–Crippen LogP) is 4.50. The van der Waals surface area contributed by atoms with Gasteiger partial charge in [-0.05, 0) is 61.6 Å². The van der Waals surface area contributed by atoms with Gasteiger partial charge < -0.3 is 19.4 Å². The quantitative estimate of drug-likeness (QED) is 0.687. The molecule has 0 radical (unpaired) electrons. The summed E-state index contributed by atoms with van der Waals surface area (Å²) in [6.07, 6.45) is 3.07. The molecule has 146 valence electrons. The van der Waals surface area contributed by atoms with Crippen molar-refractivity contribution < 1.29 is 14.3 Å². The van der Waals surface area contributed by atoms with Crippen LogP contribution in [0.1, 0.15) is 29.8 Å². The van der Waals surface area contributed by atoms with Crippen LogP contribution in [-0.2, 0) is 0 Å². The van der Waals surface area contributed by atoms with Crippen molar-refractivity contribution >= 4 is 16.8 Å². The molecule has 0 atom stereocenters. The van der Waals surface area contributed by atoms with Crippen LogP contribution in [0.25, 0.3) is 10.9 Å². The Morgan fingerprint density at radius 2 is 1.79 bits per heavy atom. The van der Waals surface area contributed by atoms with Gasteiger partial charge in [0.15, 0.2) is 0 Å². The zero-order valence-electron chi connectivity index (χ0n) is 16.2. The number of likely N-dealkylation sites (tertiary alicyclic amines) is 1. The van der Waals surface area contributed by atoms with Crippen LogP contribution in [0.2, 0.25) is 0 Å². The Hall–Kier alpha value is -2.95. The second kappa shape index (κ2) is 8.38. The number of amides is 1. The fourth-order valence-corrected chi connectivity index (χ4v) is 3.80. The largest absolute Gasteiger partial charge is 0.497 e. The maximum Gasteiger partial charge on any atom is 0.270 e. The van der Waals surface area contributed by atoms with Crippen molar-refractivity contribution in [1.29, 1.82) is 0 Å². The second-order valence-corrected chi connectivity index (χ2v) is 7.32. The molecule has 0 saturated carbocycles. The molecule has 3 aromatic rings. The number of piperidine rings is 1. The number of methoxy groups -OCH3 is 1. The van der Waals surface area contributed by atoms with E-state index in [1.54, 1.807) is 7.11 Å². The van der Waals surface area contributed by atoms with E-state index < -0.39 is 0 Å². The molecule has 2 aromatic carbocycles. The van der Waals surface area contributed by atoms with Gasteiger partial charge in [0.25, 0.3) is 5.91 Å². The number of H-pyrrole nitrogens is 1. The number of aromatic nitrogens is 1. The molecule has 1 fully saturated rings. The summed E-state index contributed by atoms with van der Waals surface area (Å²) < 4.78 is 11.0. The molecule has 0 aliphatic carbocycles. The topological polar surface area (TPSA) is 54.6 Å². The number of para-hydroxylation sites is 1. The Morgan fingerprint density at radius 1 is 1.07 bits per heavy atom. The van der Waals surface area contributed by atoms with Gasteiger partial charge in [-0.3, -0.25) is 4.79 Å². The van der Waals surface area contributed by atoms with Crippen molar-refractivity contribution in [2.45, 2.75) is 19.3 Å². The molecule has 1 aromatic heterocycles. The van der Waals surface area contributed by atoms with Gasteiger partial charge in [0, 0.05) is 24.0 Å². The Morgan fingerprint density at radius 3 is 2.50 bits per heavy atom. The highest BCUT2D eigenvalue weighted by molar-refractivity contribution is 5.98. The first kappa shape index (κ1) is 18.4. The molecular weight excluding hydrogens is 352 g/mol. The van der Waals surface area contributed by atoms with Crippen LogP contribution < -0.4 is 9.47 Å². The molecule has 0 bridgehead atoms. The molecule has 1 aliphatic heterocycles. The number of fused-ring (bicyclic) bond motifs is 1. The minimum absolute atomic E-state index is 0.101. The molecule has 5 nitrogen and oxygen atoms in total. The smallest absolute Gasteiger partial charge is 0.270 e. The number of rotatable bonds is 6. The lowest BCUT2D eigenvalue weighted by Crippen LogP contribution is -2.38. The Labute approximate surface area is 165 Å². The van der Waals surface area contributed by atoms with Crippen LogP contribution in [0.4, 0.5) is 0 Å². The molecule has 28 heavy (non-hydrogen) atoms. The minimum atomic E-state index is 0.101. The van der Waals surface area contributed by atoms with Crippen LogP contribution in [0.15, 0.2) is 54.6 Å². The second-order valence-electron chi connectivity index (χ2n) is 7.32. The first-order valence-corrected chi connectivity index (χ1v) is 9.87. The normalized spacial score (nSPS) is 15.0. The lowest BCUT2D eigenvalue weighted by atomic mass is 9.94. The van der Waals surface area contributed by atoms with E-state index in [1.807, 2.05) is 59.5 Å². The summed E-state index contributed by atoms with van der Waals surface area (Å²) in [4.78, 5) is 18.0. The number of carbonyl (C=O) groups excluding carboxylic acids is 1. The van der Waals surface area contributed by atoms with Crippen LogP contribution in [0.5, 0.6) is 11.5 Å². The van der Waals surface area contributed by atoms with E-state index in [9.17, 15) is 4.79 Å². The number of hydrogen-bond donors (Lipinski definition) is 1.